The van der Waals surface area contributed by atoms with E-state index in [1.807, 2.05) is 7.05 Å². The van der Waals surface area contributed by atoms with E-state index in [0.717, 1.165) is 24.4 Å². The van der Waals surface area contributed by atoms with Gasteiger partial charge in [0.15, 0.2) is 0 Å². The molecule has 1 aromatic heterocycles. The van der Waals surface area contributed by atoms with Crippen molar-refractivity contribution in [2.75, 3.05) is 52.2 Å². The molecule has 0 bridgehead atoms. The van der Waals surface area contributed by atoms with Crippen molar-refractivity contribution in [2.45, 2.75) is 11.0 Å². The molecule has 3 rings (SSSR count). The van der Waals surface area contributed by atoms with Gasteiger partial charge in [-0.1, -0.05) is 12.1 Å². The van der Waals surface area contributed by atoms with Crippen LogP contribution in [-0.2, 0) is 10.0 Å². The van der Waals surface area contributed by atoms with Gasteiger partial charge in [0.1, 0.15) is 16.5 Å². The third-order valence-corrected chi connectivity index (χ3v) is 6.70. The number of pyridine rings is 1. The predicted octanol–water partition coefficient (Wildman–Crippen LogP) is 1.17. The number of sulfonamides is 1. The Labute approximate surface area is 165 Å². The summed E-state index contributed by atoms with van der Waals surface area (Å²) in [6.07, 6.45) is 0.636. The van der Waals surface area contributed by atoms with Gasteiger partial charge in [-0.2, -0.15) is 4.31 Å². The molecule has 152 valence electrons. The number of benzene rings is 1. The van der Waals surface area contributed by atoms with E-state index in [1.165, 1.54) is 10.5 Å². The second-order valence-corrected chi connectivity index (χ2v) is 8.69. The lowest BCUT2D eigenvalue weighted by atomic mass is 10.1. The fourth-order valence-electron chi connectivity index (χ4n) is 2.96. The number of hydrogen-bond donors (Lipinski definition) is 2. The van der Waals surface area contributed by atoms with E-state index in [1.54, 1.807) is 43.5 Å². The third kappa shape index (κ3) is 4.79. The van der Waals surface area contributed by atoms with Gasteiger partial charge in [-0.15, -0.1) is 0 Å². The summed E-state index contributed by atoms with van der Waals surface area (Å²) in [5.41, 5.74) is 0.752. The number of hydrogen-bond acceptors (Lipinski definition) is 7. The van der Waals surface area contributed by atoms with Crippen molar-refractivity contribution in [1.29, 1.82) is 0 Å². The van der Waals surface area contributed by atoms with Gasteiger partial charge in [-0.3, -0.25) is 0 Å². The average molecular weight is 407 g/mol. The first-order valence-corrected chi connectivity index (χ1v) is 10.5. The maximum atomic E-state index is 12.7. The van der Waals surface area contributed by atoms with Gasteiger partial charge < -0.3 is 20.1 Å². The van der Waals surface area contributed by atoms with Gasteiger partial charge in [0.2, 0.25) is 10.0 Å². The molecular weight excluding hydrogens is 380 g/mol. The van der Waals surface area contributed by atoms with Crippen molar-refractivity contribution < 1.29 is 18.3 Å². The van der Waals surface area contributed by atoms with Gasteiger partial charge in [0.25, 0.3) is 0 Å². The summed E-state index contributed by atoms with van der Waals surface area (Å²) in [7, 11) is 0.0401. The number of methoxy groups -OCH3 is 1. The molecule has 1 aromatic carbocycles. The molecule has 2 aromatic rings. The van der Waals surface area contributed by atoms with Gasteiger partial charge >= 0.3 is 0 Å². The fourth-order valence-corrected chi connectivity index (χ4v) is 4.33. The molecule has 2 N–H and O–H groups in total. The van der Waals surface area contributed by atoms with Crippen molar-refractivity contribution in [3.05, 3.63) is 48.2 Å². The largest absolute Gasteiger partial charge is 0.497 e. The van der Waals surface area contributed by atoms with Crippen LogP contribution in [0.1, 0.15) is 11.7 Å². The first-order chi connectivity index (χ1) is 13.4. The first-order valence-electron chi connectivity index (χ1n) is 9.11. The molecule has 0 radical (unpaired) electrons. The molecule has 1 unspecified atom stereocenters. The average Bonchev–Trinajstić information content (AvgIpc) is 2.72. The maximum Gasteiger partial charge on any atom is 0.244 e. The van der Waals surface area contributed by atoms with Crippen molar-refractivity contribution >= 4 is 15.8 Å². The van der Waals surface area contributed by atoms with Crippen LogP contribution in [0.3, 0.4) is 0 Å². The van der Waals surface area contributed by atoms with Crippen molar-refractivity contribution in [1.82, 2.24) is 14.2 Å². The van der Waals surface area contributed by atoms with E-state index < -0.39 is 16.1 Å². The van der Waals surface area contributed by atoms with E-state index in [2.05, 4.69) is 15.2 Å². The highest BCUT2D eigenvalue weighted by molar-refractivity contribution is 7.89. The number of nitrogens with zero attached hydrogens (tertiary/aromatic N) is 3. The Morgan fingerprint density at radius 3 is 2.39 bits per heavy atom. The quantitative estimate of drug-likeness (QED) is 0.713. The topological polar surface area (TPSA) is 95.0 Å². The molecule has 2 heterocycles. The van der Waals surface area contributed by atoms with Crippen LogP contribution in [0.2, 0.25) is 0 Å². The van der Waals surface area contributed by atoms with Crippen molar-refractivity contribution in [2.24, 2.45) is 0 Å². The number of aromatic nitrogens is 1. The van der Waals surface area contributed by atoms with Crippen LogP contribution in [0.15, 0.2) is 47.5 Å². The Morgan fingerprint density at radius 2 is 1.82 bits per heavy atom. The minimum atomic E-state index is -3.53. The number of anilines is 1. The molecular formula is C19H26N4O4S. The van der Waals surface area contributed by atoms with Crippen LogP contribution in [-0.4, -0.2) is 74.6 Å². The summed E-state index contributed by atoms with van der Waals surface area (Å²) in [6.45, 7) is 2.65. The molecule has 0 amide bonds. The molecule has 1 fully saturated rings. The minimum Gasteiger partial charge on any atom is -0.497 e. The Bertz CT molecular complexity index is 864. The number of piperazine rings is 1. The summed E-state index contributed by atoms with van der Waals surface area (Å²) in [4.78, 5) is 6.47. The van der Waals surface area contributed by atoms with Crippen LogP contribution >= 0.6 is 0 Å². The maximum absolute atomic E-state index is 12.7. The molecule has 9 heteroatoms. The zero-order chi connectivity index (χ0) is 20.1. The molecule has 1 atom stereocenters. The van der Waals surface area contributed by atoms with Gasteiger partial charge in [0.05, 0.1) is 13.2 Å². The summed E-state index contributed by atoms with van der Waals surface area (Å²) >= 11 is 0. The molecule has 0 saturated carbocycles. The number of rotatable bonds is 7. The molecule has 1 aliphatic heterocycles. The Balaban J connectivity index is 1.59. The molecule has 28 heavy (non-hydrogen) atoms. The molecule has 1 aliphatic rings. The van der Waals surface area contributed by atoms with Crippen LogP contribution < -0.4 is 10.1 Å². The Kier molecular flexibility index (Phi) is 6.50. The highest BCUT2D eigenvalue weighted by Gasteiger charge is 2.27. The highest BCUT2D eigenvalue weighted by Crippen LogP contribution is 2.20. The Hall–Kier alpha value is -2.20. The predicted molar refractivity (Wildman–Crippen MR) is 107 cm³/mol. The summed E-state index contributed by atoms with van der Waals surface area (Å²) in [5, 5.41) is 13.3. The second-order valence-electron chi connectivity index (χ2n) is 6.76. The number of aliphatic hydroxyl groups excluding tert-OH is 1. The fraction of sp³-hybridized carbons (Fsp3) is 0.421. The Morgan fingerprint density at radius 1 is 1.14 bits per heavy atom. The van der Waals surface area contributed by atoms with E-state index in [4.69, 9.17) is 4.74 Å². The summed E-state index contributed by atoms with van der Waals surface area (Å²) in [6, 6.07) is 10.3. The van der Waals surface area contributed by atoms with Gasteiger partial charge in [-0.25, -0.2) is 13.4 Å². The standard InChI is InChI=1S/C19H26N4O4S/c1-22-9-11-23(12-10-22)28(25,26)17-7-8-19(20-13-17)21-14-18(24)15-3-5-16(27-2)6-4-15/h3-8,13,18,24H,9-12,14H2,1-2H3,(H,20,21). The minimum absolute atomic E-state index is 0.179. The van der Waals surface area contributed by atoms with Gasteiger partial charge in [-0.05, 0) is 36.9 Å². The lowest BCUT2D eigenvalue weighted by Crippen LogP contribution is -2.47. The molecule has 0 aliphatic carbocycles. The summed E-state index contributed by atoms with van der Waals surface area (Å²) < 4.78 is 32.0. The molecule has 0 spiro atoms. The zero-order valence-electron chi connectivity index (χ0n) is 16.1. The number of ether oxygens (including phenoxy) is 1. The van der Waals surface area contributed by atoms with E-state index >= 15 is 0 Å². The zero-order valence-corrected chi connectivity index (χ0v) is 16.9. The lowest BCUT2D eigenvalue weighted by Gasteiger charge is -2.31. The second kappa shape index (κ2) is 8.87. The first kappa shape index (κ1) is 20.5. The van der Waals surface area contributed by atoms with Crippen LogP contribution in [0.5, 0.6) is 5.75 Å². The highest BCUT2D eigenvalue weighted by atomic mass is 32.2. The van der Waals surface area contributed by atoms with Crippen LogP contribution in [0, 0.1) is 0 Å². The smallest absolute Gasteiger partial charge is 0.244 e. The van der Waals surface area contributed by atoms with Crippen LogP contribution in [0.25, 0.3) is 0 Å². The lowest BCUT2D eigenvalue weighted by molar-refractivity contribution is 0.191. The van der Waals surface area contributed by atoms with E-state index in [-0.39, 0.29) is 11.4 Å². The number of likely N-dealkylation sites (N-methyl/N-ethyl adjacent to an activating group) is 1. The number of nitrogens with one attached hydrogen (secondary N) is 1. The van der Waals surface area contributed by atoms with Gasteiger partial charge in [0, 0.05) is 38.9 Å². The SMILES string of the molecule is COc1ccc(C(O)CNc2ccc(S(=O)(=O)N3CCN(C)CC3)cn2)cc1. The monoisotopic (exact) mass is 406 g/mol. The van der Waals surface area contributed by atoms with Crippen molar-refractivity contribution in [3.8, 4) is 5.75 Å². The van der Waals surface area contributed by atoms with Crippen LogP contribution in [0.4, 0.5) is 5.82 Å². The molecule has 1 saturated heterocycles. The third-order valence-electron chi connectivity index (χ3n) is 4.81. The normalized spacial score (nSPS) is 17.2. The van der Waals surface area contributed by atoms with Crippen molar-refractivity contribution in [3.63, 3.8) is 0 Å². The molecule has 8 nitrogen and oxygen atoms in total. The van der Waals surface area contributed by atoms with E-state index in [0.29, 0.717) is 18.9 Å². The van der Waals surface area contributed by atoms with E-state index in [9.17, 15) is 13.5 Å². The summed E-state index contributed by atoms with van der Waals surface area (Å²) in [5.74, 6) is 1.23. The number of aliphatic hydroxyl groups is 1.